The van der Waals surface area contributed by atoms with Gasteiger partial charge in [0.25, 0.3) is 5.56 Å². The minimum Gasteiger partial charge on any atom is -0.326 e. The van der Waals surface area contributed by atoms with Crippen molar-refractivity contribution in [3.05, 3.63) is 69.5 Å². The topological polar surface area (TPSA) is 57.8 Å². The second-order valence-corrected chi connectivity index (χ2v) is 6.61. The fourth-order valence-corrected chi connectivity index (χ4v) is 3.37. The Bertz CT molecular complexity index is 1030. The summed E-state index contributed by atoms with van der Waals surface area (Å²) in [5.74, 6) is 0. The molecule has 0 amide bonds. The van der Waals surface area contributed by atoms with Crippen LogP contribution in [0.2, 0.25) is 0 Å². The first-order chi connectivity index (χ1) is 11.5. The van der Waals surface area contributed by atoms with Gasteiger partial charge in [-0.3, -0.25) is 4.79 Å². The predicted octanol–water partition coefficient (Wildman–Crippen LogP) is 4.15. The molecule has 0 aliphatic rings. The van der Waals surface area contributed by atoms with Crippen LogP contribution in [0, 0.1) is 25.2 Å². The Morgan fingerprint density at radius 3 is 2.58 bits per heavy atom. The minimum absolute atomic E-state index is 0.0331. The van der Waals surface area contributed by atoms with Crippen LogP contribution in [0.15, 0.2) is 52.2 Å². The van der Waals surface area contributed by atoms with Gasteiger partial charge in [-0.1, -0.05) is 0 Å². The molecule has 120 valence electrons. The molecule has 0 atom stereocenters. The average Bonchev–Trinajstić information content (AvgIpc) is 2.58. The van der Waals surface area contributed by atoms with E-state index in [1.165, 1.54) is 11.9 Å². The lowest BCUT2D eigenvalue weighted by Crippen LogP contribution is -2.19. The molecule has 0 radical (unpaired) electrons. The van der Waals surface area contributed by atoms with Gasteiger partial charge >= 0.3 is 0 Å². The van der Waals surface area contributed by atoms with Crippen molar-refractivity contribution in [2.75, 3.05) is 4.72 Å². The van der Waals surface area contributed by atoms with E-state index < -0.39 is 0 Å². The van der Waals surface area contributed by atoms with Crippen molar-refractivity contribution in [2.24, 2.45) is 7.05 Å². The molecule has 5 heteroatoms. The Morgan fingerprint density at radius 2 is 1.88 bits per heavy atom. The van der Waals surface area contributed by atoms with Crippen LogP contribution >= 0.6 is 11.9 Å². The van der Waals surface area contributed by atoms with Crippen molar-refractivity contribution >= 4 is 28.5 Å². The number of nitrogens with one attached hydrogen (secondary N) is 1. The highest BCUT2D eigenvalue weighted by molar-refractivity contribution is 8.00. The van der Waals surface area contributed by atoms with Gasteiger partial charge in [0.05, 0.1) is 17.1 Å². The van der Waals surface area contributed by atoms with Crippen LogP contribution in [0.5, 0.6) is 0 Å². The van der Waals surface area contributed by atoms with Crippen LogP contribution in [-0.2, 0) is 7.05 Å². The third-order valence-corrected chi connectivity index (χ3v) is 5.00. The first kappa shape index (κ1) is 16.2. The Morgan fingerprint density at radius 1 is 1.08 bits per heavy atom. The summed E-state index contributed by atoms with van der Waals surface area (Å²) in [4.78, 5) is 13.1. The summed E-state index contributed by atoms with van der Waals surface area (Å²) in [6.07, 6.45) is 0. The molecule has 0 saturated carbocycles. The van der Waals surface area contributed by atoms with E-state index in [0.717, 1.165) is 32.6 Å². The predicted molar refractivity (Wildman–Crippen MR) is 99.3 cm³/mol. The summed E-state index contributed by atoms with van der Waals surface area (Å²) in [6, 6.07) is 15.6. The Kier molecular flexibility index (Phi) is 4.32. The van der Waals surface area contributed by atoms with Gasteiger partial charge in [-0.05, 0) is 73.8 Å². The quantitative estimate of drug-likeness (QED) is 0.731. The van der Waals surface area contributed by atoms with Crippen LogP contribution in [0.1, 0.15) is 16.7 Å². The minimum atomic E-state index is 0.0331. The summed E-state index contributed by atoms with van der Waals surface area (Å²) in [7, 11) is 1.79. The zero-order valence-corrected chi connectivity index (χ0v) is 14.6. The zero-order chi connectivity index (χ0) is 17.3. The average molecular weight is 335 g/mol. The smallest absolute Gasteiger partial charge is 0.253 e. The van der Waals surface area contributed by atoms with Crippen LogP contribution in [-0.4, -0.2) is 4.57 Å². The molecule has 4 nitrogen and oxygen atoms in total. The number of fused-ring (bicyclic) bond motifs is 1. The van der Waals surface area contributed by atoms with Gasteiger partial charge in [0.2, 0.25) is 0 Å². The monoisotopic (exact) mass is 335 g/mol. The molecule has 3 aromatic rings. The number of hydrogen-bond donors (Lipinski definition) is 1. The number of benzene rings is 2. The van der Waals surface area contributed by atoms with Gasteiger partial charge in [0, 0.05) is 28.6 Å². The molecular weight excluding hydrogens is 318 g/mol. The van der Waals surface area contributed by atoms with E-state index >= 15 is 0 Å². The first-order valence-electron chi connectivity index (χ1n) is 7.53. The highest BCUT2D eigenvalue weighted by Gasteiger charge is 2.05. The van der Waals surface area contributed by atoms with Crippen LogP contribution < -0.4 is 10.3 Å². The molecule has 1 heterocycles. The number of aryl methyl sites for hydroxylation is 3. The van der Waals surface area contributed by atoms with E-state index in [2.05, 4.69) is 10.8 Å². The largest absolute Gasteiger partial charge is 0.326 e. The number of nitriles is 1. The molecule has 0 spiro atoms. The van der Waals surface area contributed by atoms with Gasteiger partial charge in [-0.25, -0.2) is 0 Å². The van der Waals surface area contributed by atoms with E-state index in [9.17, 15) is 4.79 Å². The number of hydrogen-bond acceptors (Lipinski definition) is 4. The molecular formula is C19H17N3OS. The van der Waals surface area contributed by atoms with Crippen LogP contribution in [0.3, 0.4) is 0 Å². The molecule has 1 N–H and O–H groups in total. The summed E-state index contributed by atoms with van der Waals surface area (Å²) in [6.45, 7) is 3.82. The fraction of sp³-hybridized carbons (Fsp3) is 0.158. The first-order valence-corrected chi connectivity index (χ1v) is 8.35. The summed E-state index contributed by atoms with van der Waals surface area (Å²) >= 11 is 1.51. The summed E-state index contributed by atoms with van der Waals surface area (Å²) in [5, 5.41) is 9.95. The Hall–Kier alpha value is -2.71. The Balaban J connectivity index is 1.87. The van der Waals surface area contributed by atoms with E-state index in [0.29, 0.717) is 5.56 Å². The molecule has 3 rings (SSSR count). The maximum atomic E-state index is 12.0. The number of nitrogens with zero attached hydrogens (tertiary/aromatic N) is 2. The normalized spacial score (nSPS) is 10.6. The maximum Gasteiger partial charge on any atom is 0.253 e. The van der Waals surface area contributed by atoms with Crippen molar-refractivity contribution in [2.45, 2.75) is 18.7 Å². The molecule has 0 aliphatic heterocycles. The van der Waals surface area contributed by atoms with Crippen molar-refractivity contribution in [3.63, 3.8) is 0 Å². The third kappa shape index (κ3) is 3.01. The molecule has 0 aliphatic carbocycles. The molecule has 0 bridgehead atoms. The van der Waals surface area contributed by atoms with Gasteiger partial charge < -0.3 is 9.29 Å². The summed E-state index contributed by atoms with van der Waals surface area (Å²) < 4.78 is 5.00. The van der Waals surface area contributed by atoms with Gasteiger partial charge in [0.15, 0.2) is 0 Å². The fourth-order valence-electron chi connectivity index (χ4n) is 2.66. The number of aromatic nitrogens is 1. The van der Waals surface area contributed by atoms with Gasteiger partial charge in [0.1, 0.15) is 0 Å². The SMILES string of the molecule is Cc1cc(C#N)ccc1SNc1ccc2c(c1)cc(C)c(=O)n2C. The molecule has 2 aromatic carbocycles. The number of anilines is 1. The number of rotatable bonds is 3. The lowest BCUT2D eigenvalue weighted by Gasteiger charge is -2.11. The van der Waals surface area contributed by atoms with Crippen molar-refractivity contribution in [3.8, 4) is 6.07 Å². The Labute approximate surface area is 144 Å². The second kappa shape index (κ2) is 6.42. The van der Waals surface area contributed by atoms with E-state index in [1.54, 1.807) is 11.6 Å². The molecule has 0 saturated heterocycles. The lowest BCUT2D eigenvalue weighted by molar-refractivity contribution is 0.893. The van der Waals surface area contributed by atoms with E-state index in [-0.39, 0.29) is 5.56 Å². The zero-order valence-electron chi connectivity index (χ0n) is 13.8. The highest BCUT2D eigenvalue weighted by atomic mass is 32.2. The van der Waals surface area contributed by atoms with Gasteiger partial charge in [-0.2, -0.15) is 5.26 Å². The second-order valence-electron chi connectivity index (χ2n) is 5.76. The molecule has 0 fully saturated rings. The summed E-state index contributed by atoms with van der Waals surface area (Å²) in [5.41, 5.74) is 4.37. The van der Waals surface area contributed by atoms with Gasteiger partial charge in [-0.15, -0.1) is 0 Å². The lowest BCUT2D eigenvalue weighted by atomic mass is 10.1. The molecule has 24 heavy (non-hydrogen) atoms. The maximum absolute atomic E-state index is 12.0. The number of pyridine rings is 1. The standard InChI is InChI=1S/C19H17N3OS/c1-12-8-14(11-20)4-7-18(12)24-21-16-5-6-17-15(10-16)9-13(2)19(23)22(17)3/h4-10,21H,1-3H3. The van der Waals surface area contributed by atoms with Crippen molar-refractivity contribution in [1.82, 2.24) is 4.57 Å². The van der Waals surface area contributed by atoms with E-state index in [4.69, 9.17) is 5.26 Å². The van der Waals surface area contributed by atoms with Crippen LogP contribution in [0.25, 0.3) is 10.9 Å². The van der Waals surface area contributed by atoms with E-state index in [1.807, 2.05) is 56.3 Å². The highest BCUT2D eigenvalue weighted by Crippen LogP contribution is 2.27. The molecule has 1 aromatic heterocycles. The van der Waals surface area contributed by atoms with Crippen molar-refractivity contribution < 1.29 is 0 Å². The van der Waals surface area contributed by atoms with Crippen LogP contribution in [0.4, 0.5) is 5.69 Å². The third-order valence-electron chi connectivity index (χ3n) is 3.99. The molecule has 0 unspecified atom stereocenters. The van der Waals surface area contributed by atoms with Crippen molar-refractivity contribution in [1.29, 1.82) is 5.26 Å².